The van der Waals surface area contributed by atoms with Crippen molar-refractivity contribution in [1.29, 1.82) is 0 Å². The average Bonchev–Trinajstić information content (AvgIpc) is 2.84. The molecular weight excluding hydrogens is 469 g/mol. The van der Waals surface area contributed by atoms with Crippen LogP contribution >= 0.6 is 11.6 Å². The number of aliphatic hydroxyl groups is 1. The number of rotatable bonds is 6. The minimum absolute atomic E-state index is 0.298. The SMILES string of the molecule is CNC(=O)c1ccc(F)c(C(C)Nc2c(Cl)cnc3ccc(-c4cnc(C(C)(C)O)nc4)cc23)c1. The molecule has 0 bridgehead atoms. The first kappa shape index (κ1) is 24.5. The number of nitrogens with zero attached hydrogens (tertiary/aromatic N) is 3. The zero-order valence-corrected chi connectivity index (χ0v) is 20.5. The summed E-state index contributed by atoms with van der Waals surface area (Å²) >= 11 is 6.51. The van der Waals surface area contributed by atoms with Gasteiger partial charge in [0.25, 0.3) is 5.91 Å². The molecule has 35 heavy (non-hydrogen) atoms. The number of carbonyl (C=O) groups excluding carboxylic acids is 1. The van der Waals surface area contributed by atoms with Crippen LogP contribution in [0.4, 0.5) is 10.1 Å². The normalized spacial score (nSPS) is 12.4. The fourth-order valence-corrected chi connectivity index (χ4v) is 3.95. The minimum atomic E-state index is -1.14. The molecule has 0 aliphatic rings. The monoisotopic (exact) mass is 493 g/mol. The van der Waals surface area contributed by atoms with E-state index in [0.717, 1.165) is 16.5 Å². The summed E-state index contributed by atoms with van der Waals surface area (Å²) in [4.78, 5) is 25.0. The maximum Gasteiger partial charge on any atom is 0.251 e. The Bertz CT molecular complexity index is 1400. The van der Waals surface area contributed by atoms with Gasteiger partial charge in [0.05, 0.1) is 22.3 Å². The number of carbonyl (C=O) groups is 1. The van der Waals surface area contributed by atoms with E-state index in [-0.39, 0.29) is 5.91 Å². The van der Waals surface area contributed by atoms with Gasteiger partial charge in [-0.3, -0.25) is 9.78 Å². The number of nitrogens with one attached hydrogen (secondary N) is 2. The largest absolute Gasteiger partial charge is 0.382 e. The van der Waals surface area contributed by atoms with Crippen molar-refractivity contribution in [2.75, 3.05) is 12.4 Å². The molecule has 1 amide bonds. The Morgan fingerprint density at radius 3 is 2.43 bits per heavy atom. The summed E-state index contributed by atoms with van der Waals surface area (Å²) in [6, 6.07) is 9.40. The lowest BCUT2D eigenvalue weighted by molar-refractivity contribution is 0.0687. The van der Waals surface area contributed by atoms with E-state index in [1.54, 1.807) is 33.2 Å². The van der Waals surface area contributed by atoms with Crippen molar-refractivity contribution < 1.29 is 14.3 Å². The van der Waals surface area contributed by atoms with E-state index in [0.29, 0.717) is 33.2 Å². The first-order chi connectivity index (χ1) is 16.6. The van der Waals surface area contributed by atoms with Crippen LogP contribution in [0.15, 0.2) is 55.0 Å². The lowest BCUT2D eigenvalue weighted by Gasteiger charge is -2.20. The summed E-state index contributed by atoms with van der Waals surface area (Å²) in [5.41, 5.74) is 2.41. The molecule has 4 aromatic rings. The van der Waals surface area contributed by atoms with Gasteiger partial charge in [-0.1, -0.05) is 17.7 Å². The number of amides is 1. The number of hydrogen-bond donors (Lipinski definition) is 3. The maximum atomic E-state index is 14.7. The van der Waals surface area contributed by atoms with Crippen molar-refractivity contribution >= 4 is 34.1 Å². The Kier molecular flexibility index (Phi) is 6.69. The van der Waals surface area contributed by atoms with Gasteiger partial charge < -0.3 is 15.7 Å². The van der Waals surface area contributed by atoms with Crippen LogP contribution in [-0.4, -0.2) is 33.0 Å². The number of aromatic nitrogens is 3. The van der Waals surface area contributed by atoms with Crippen LogP contribution in [0.3, 0.4) is 0 Å². The van der Waals surface area contributed by atoms with Crippen molar-refractivity contribution in [1.82, 2.24) is 20.3 Å². The van der Waals surface area contributed by atoms with Crippen molar-refractivity contribution in [3.63, 3.8) is 0 Å². The Morgan fingerprint density at radius 2 is 1.77 bits per heavy atom. The molecule has 0 radical (unpaired) electrons. The fraction of sp³-hybridized carbons (Fsp3) is 0.231. The molecule has 2 aromatic carbocycles. The second kappa shape index (κ2) is 9.56. The summed E-state index contributed by atoms with van der Waals surface area (Å²) < 4.78 is 14.7. The molecule has 1 atom stereocenters. The summed E-state index contributed by atoms with van der Waals surface area (Å²) in [5, 5.41) is 17.1. The Morgan fingerprint density at radius 1 is 1.06 bits per heavy atom. The van der Waals surface area contributed by atoms with Crippen molar-refractivity contribution in [2.45, 2.75) is 32.4 Å². The van der Waals surface area contributed by atoms with Gasteiger partial charge in [0.1, 0.15) is 11.4 Å². The summed E-state index contributed by atoms with van der Waals surface area (Å²) in [6.07, 6.45) is 4.83. The van der Waals surface area contributed by atoms with Crippen LogP contribution in [-0.2, 0) is 5.60 Å². The summed E-state index contributed by atoms with van der Waals surface area (Å²) in [6.45, 7) is 5.04. The molecule has 0 spiro atoms. The number of halogens is 2. The zero-order chi connectivity index (χ0) is 25.3. The van der Waals surface area contributed by atoms with Crippen LogP contribution in [0.2, 0.25) is 5.02 Å². The standard InChI is InChI=1S/C26H25ClFN5O2/c1-14(18-10-16(24(34)29-4)5-7-21(18)28)33-23-19-9-15(6-8-22(19)30-13-20(23)27)17-11-31-25(32-12-17)26(2,3)35/h5-14,35H,1-4H3,(H,29,34)(H,30,33). The Balaban J connectivity index is 1.73. The predicted molar refractivity (Wildman–Crippen MR) is 135 cm³/mol. The molecule has 9 heteroatoms. The minimum Gasteiger partial charge on any atom is -0.382 e. The lowest BCUT2D eigenvalue weighted by atomic mass is 10.0. The number of hydrogen-bond acceptors (Lipinski definition) is 6. The number of fused-ring (bicyclic) bond motifs is 1. The molecule has 0 saturated carbocycles. The summed E-state index contributed by atoms with van der Waals surface area (Å²) in [5.74, 6) is -0.408. The molecular formula is C26H25ClFN5O2. The molecule has 1 unspecified atom stereocenters. The van der Waals surface area contributed by atoms with E-state index < -0.39 is 17.5 Å². The van der Waals surface area contributed by atoms with Crippen LogP contribution in [0, 0.1) is 5.82 Å². The number of pyridine rings is 1. The van der Waals surface area contributed by atoms with Crippen LogP contribution in [0.25, 0.3) is 22.0 Å². The number of benzene rings is 2. The quantitative estimate of drug-likeness (QED) is 0.339. The molecule has 0 aliphatic heterocycles. The molecule has 0 fully saturated rings. The van der Waals surface area contributed by atoms with E-state index in [9.17, 15) is 14.3 Å². The van der Waals surface area contributed by atoms with Crippen molar-refractivity contribution in [3.8, 4) is 11.1 Å². The van der Waals surface area contributed by atoms with E-state index in [4.69, 9.17) is 11.6 Å². The van der Waals surface area contributed by atoms with Gasteiger partial charge in [0, 0.05) is 47.7 Å². The van der Waals surface area contributed by atoms with Crippen LogP contribution < -0.4 is 10.6 Å². The number of anilines is 1. The fourth-order valence-electron chi connectivity index (χ4n) is 3.74. The summed E-state index contributed by atoms with van der Waals surface area (Å²) in [7, 11) is 1.52. The highest BCUT2D eigenvalue weighted by Crippen LogP contribution is 2.35. The van der Waals surface area contributed by atoms with Crippen LogP contribution in [0.1, 0.15) is 48.6 Å². The van der Waals surface area contributed by atoms with E-state index in [2.05, 4.69) is 25.6 Å². The first-order valence-electron chi connectivity index (χ1n) is 11.0. The van der Waals surface area contributed by atoms with Gasteiger partial charge in [0.15, 0.2) is 5.82 Å². The topological polar surface area (TPSA) is 100 Å². The molecule has 7 nitrogen and oxygen atoms in total. The van der Waals surface area contributed by atoms with Crippen molar-refractivity contribution in [2.24, 2.45) is 0 Å². The van der Waals surface area contributed by atoms with Crippen molar-refractivity contribution in [3.05, 3.63) is 82.8 Å². The molecule has 2 heterocycles. The highest BCUT2D eigenvalue weighted by molar-refractivity contribution is 6.34. The van der Waals surface area contributed by atoms with Gasteiger partial charge in [-0.2, -0.15) is 0 Å². The second-order valence-electron chi connectivity index (χ2n) is 8.75. The van der Waals surface area contributed by atoms with Gasteiger partial charge in [-0.15, -0.1) is 0 Å². The lowest BCUT2D eigenvalue weighted by Crippen LogP contribution is -2.19. The average molecular weight is 494 g/mol. The Labute approximate surface area is 207 Å². The van der Waals surface area contributed by atoms with E-state index >= 15 is 0 Å². The van der Waals surface area contributed by atoms with Gasteiger partial charge >= 0.3 is 0 Å². The third-order valence-corrected chi connectivity index (χ3v) is 5.95. The highest BCUT2D eigenvalue weighted by atomic mass is 35.5. The van der Waals surface area contributed by atoms with Gasteiger partial charge in [-0.05, 0) is 56.7 Å². The second-order valence-corrected chi connectivity index (χ2v) is 9.16. The molecule has 2 aromatic heterocycles. The van der Waals surface area contributed by atoms with E-state index in [1.165, 1.54) is 31.4 Å². The Hall–Kier alpha value is -3.62. The smallest absolute Gasteiger partial charge is 0.251 e. The van der Waals surface area contributed by atoms with E-state index in [1.807, 2.05) is 18.2 Å². The predicted octanol–water partition coefficient (Wildman–Crippen LogP) is 5.24. The zero-order valence-electron chi connectivity index (χ0n) is 19.7. The molecule has 4 rings (SSSR count). The third-order valence-electron chi connectivity index (χ3n) is 5.67. The maximum absolute atomic E-state index is 14.7. The molecule has 0 aliphatic carbocycles. The highest BCUT2D eigenvalue weighted by Gasteiger charge is 2.20. The molecule has 180 valence electrons. The molecule has 3 N–H and O–H groups in total. The van der Waals surface area contributed by atoms with Gasteiger partial charge in [-0.25, -0.2) is 14.4 Å². The first-order valence-corrected chi connectivity index (χ1v) is 11.4. The molecule has 0 saturated heterocycles. The third kappa shape index (κ3) is 5.08. The van der Waals surface area contributed by atoms with Crippen LogP contribution in [0.5, 0.6) is 0 Å². The van der Waals surface area contributed by atoms with Gasteiger partial charge in [0.2, 0.25) is 0 Å².